The van der Waals surface area contributed by atoms with Crippen LogP contribution in [-0.2, 0) is 6.42 Å². The molecule has 1 N–H and O–H groups in total. The molecule has 2 heterocycles. The highest BCUT2D eigenvalue weighted by Gasteiger charge is 2.15. The van der Waals surface area contributed by atoms with Crippen LogP contribution in [0.15, 0.2) is 10.7 Å². The smallest absolute Gasteiger partial charge is 0.136 e. The molecule has 2 rings (SSSR count). The first-order chi connectivity index (χ1) is 6.36. The summed E-state index contributed by atoms with van der Waals surface area (Å²) in [5.74, 6) is 1.80. The zero-order chi connectivity index (χ0) is 9.10. The minimum atomic E-state index is 0.819. The summed E-state index contributed by atoms with van der Waals surface area (Å²) in [4.78, 5) is 0. The highest BCUT2D eigenvalue weighted by molar-refractivity contribution is 5.12. The number of piperidine rings is 1. The fraction of sp³-hybridized carbons (Fsp3) is 0.700. The van der Waals surface area contributed by atoms with E-state index in [4.69, 9.17) is 4.52 Å². The van der Waals surface area contributed by atoms with Crippen LogP contribution in [0.4, 0.5) is 0 Å². The highest BCUT2D eigenvalue weighted by Crippen LogP contribution is 2.19. The Balaban J connectivity index is 1.93. The van der Waals surface area contributed by atoms with Gasteiger partial charge in [0.05, 0.1) is 6.20 Å². The van der Waals surface area contributed by atoms with Crippen LogP contribution < -0.4 is 5.32 Å². The second-order valence-electron chi connectivity index (χ2n) is 3.80. The molecule has 1 aliphatic heterocycles. The Morgan fingerprint density at radius 1 is 1.54 bits per heavy atom. The number of aromatic nitrogens is 1. The van der Waals surface area contributed by atoms with Crippen molar-refractivity contribution in [3.05, 3.63) is 17.5 Å². The maximum atomic E-state index is 5.04. The van der Waals surface area contributed by atoms with E-state index in [1.807, 2.05) is 13.1 Å². The lowest BCUT2D eigenvalue weighted by Crippen LogP contribution is -2.28. The van der Waals surface area contributed by atoms with E-state index in [0.29, 0.717) is 0 Å². The maximum Gasteiger partial charge on any atom is 0.136 e. The third-order valence-electron chi connectivity index (χ3n) is 2.82. The number of hydrogen-bond acceptors (Lipinski definition) is 3. The fourth-order valence-electron chi connectivity index (χ4n) is 1.91. The van der Waals surface area contributed by atoms with Crippen LogP contribution in [0.2, 0.25) is 0 Å². The van der Waals surface area contributed by atoms with Gasteiger partial charge in [0.1, 0.15) is 5.76 Å². The lowest BCUT2D eigenvalue weighted by molar-refractivity contribution is 0.366. The van der Waals surface area contributed by atoms with Gasteiger partial charge in [-0.3, -0.25) is 0 Å². The minimum absolute atomic E-state index is 0.819. The molecule has 1 aliphatic rings. The summed E-state index contributed by atoms with van der Waals surface area (Å²) >= 11 is 0. The monoisotopic (exact) mass is 180 g/mol. The predicted molar refractivity (Wildman–Crippen MR) is 50.5 cm³/mol. The lowest BCUT2D eigenvalue weighted by Gasteiger charge is -2.21. The van der Waals surface area contributed by atoms with Gasteiger partial charge >= 0.3 is 0 Å². The van der Waals surface area contributed by atoms with Gasteiger partial charge in [0.25, 0.3) is 0 Å². The second-order valence-corrected chi connectivity index (χ2v) is 3.80. The third-order valence-corrected chi connectivity index (χ3v) is 2.82. The Morgan fingerprint density at radius 3 is 2.92 bits per heavy atom. The van der Waals surface area contributed by atoms with Crippen molar-refractivity contribution in [2.45, 2.75) is 26.2 Å². The molecule has 0 amide bonds. The van der Waals surface area contributed by atoms with E-state index in [1.165, 1.54) is 18.4 Å². The molecule has 1 aromatic rings. The number of aryl methyl sites for hydroxylation is 1. The van der Waals surface area contributed by atoms with E-state index in [2.05, 4.69) is 10.5 Å². The van der Waals surface area contributed by atoms with Gasteiger partial charge in [-0.25, -0.2) is 0 Å². The number of nitrogens with one attached hydrogen (secondary N) is 1. The standard InChI is InChI=1S/C10H16N2O/c1-8-10(7-12-13-8)6-9-2-4-11-5-3-9/h7,9,11H,2-6H2,1H3. The SMILES string of the molecule is Cc1oncc1CC1CCNCC1. The molecule has 3 heteroatoms. The molecular formula is C10H16N2O. The molecule has 0 aliphatic carbocycles. The molecule has 1 fully saturated rings. The van der Waals surface area contributed by atoms with Crippen molar-refractivity contribution in [1.82, 2.24) is 10.5 Å². The Labute approximate surface area is 78.5 Å². The van der Waals surface area contributed by atoms with E-state index in [0.717, 1.165) is 31.2 Å². The molecule has 0 bridgehead atoms. The Kier molecular flexibility index (Phi) is 2.64. The molecule has 13 heavy (non-hydrogen) atoms. The Morgan fingerprint density at radius 2 is 2.31 bits per heavy atom. The van der Waals surface area contributed by atoms with Gasteiger partial charge < -0.3 is 9.84 Å². The Hall–Kier alpha value is -0.830. The van der Waals surface area contributed by atoms with Gasteiger partial charge in [-0.1, -0.05) is 5.16 Å². The van der Waals surface area contributed by atoms with Gasteiger partial charge in [-0.05, 0) is 45.2 Å². The fourth-order valence-corrected chi connectivity index (χ4v) is 1.91. The quantitative estimate of drug-likeness (QED) is 0.750. The van der Waals surface area contributed by atoms with Crippen molar-refractivity contribution < 1.29 is 4.52 Å². The van der Waals surface area contributed by atoms with Gasteiger partial charge in [0.2, 0.25) is 0 Å². The zero-order valence-electron chi connectivity index (χ0n) is 8.05. The van der Waals surface area contributed by atoms with Crippen molar-refractivity contribution in [3.8, 4) is 0 Å². The maximum absolute atomic E-state index is 5.04. The number of nitrogens with zero attached hydrogens (tertiary/aromatic N) is 1. The van der Waals surface area contributed by atoms with Crippen LogP contribution in [0.1, 0.15) is 24.2 Å². The molecule has 72 valence electrons. The van der Waals surface area contributed by atoms with E-state index in [1.54, 1.807) is 0 Å². The van der Waals surface area contributed by atoms with E-state index < -0.39 is 0 Å². The topological polar surface area (TPSA) is 38.1 Å². The van der Waals surface area contributed by atoms with Crippen LogP contribution in [0.3, 0.4) is 0 Å². The average Bonchev–Trinajstić information content (AvgIpc) is 2.54. The Bertz CT molecular complexity index is 264. The van der Waals surface area contributed by atoms with E-state index >= 15 is 0 Å². The number of hydrogen-bond donors (Lipinski definition) is 1. The van der Waals surface area contributed by atoms with Crippen LogP contribution in [0.5, 0.6) is 0 Å². The number of rotatable bonds is 2. The molecule has 0 radical (unpaired) electrons. The van der Waals surface area contributed by atoms with Gasteiger partial charge in [-0.2, -0.15) is 0 Å². The summed E-state index contributed by atoms with van der Waals surface area (Å²) in [5.41, 5.74) is 1.28. The van der Waals surface area contributed by atoms with Gasteiger partial charge in [0, 0.05) is 5.56 Å². The van der Waals surface area contributed by atoms with Gasteiger partial charge in [0.15, 0.2) is 0 Å². The summed E-state index contributed by atoms with van der Waals surface area (Å²) in [6.45, 7) is 4.31. The first kappa shape index (κ1) is 8.75. The summed E-state index contributed by atoms with van der Waals surface area (Å²) < 4.78 is 5.04. The van der Waals surface area contributed by atoms with Crippen LogP contribution >= 0.6 is 0 Å². The van der Waals surface area contributed by atoms with E-state index in [9.17, 15) is 0 Å². The molecule has 0 atom stereocenters. The minimum Gasteiger partial charge on any atom is -0.361 e. The van der Waals surface area contributed by atoms with Crippen LogP contribution in [0.25, 0.3) is 0 Å². The van der Waals surface area contributed by atoms with Crippen molar-refractivity contribution >= 4 is 0 Å². The molecule has 1 aromatic heterocycles. The second kappa shape index (κ2) is 3.92. The van der Waals surface area contributed by atoms with Gasteiger partial charge in [-0.15, -0.1) is 0 Å². The van der Waals surface area contributed by atoms with Crippen LogP contribution in [0, 0.1) is 12.8 Å². The normalized spacial score (nSPS) is 19.2. The molecular weight excluding hydrogens is 164 g/mol. The summed E-state index contributed by atoms with van der Waals surface area (Å²) in [5, 5.41) is 7.17. The molecule has 3 nitrogen and oxygen atoms in total. The van der Waals surface area contributed by atoms with Crippen LogP contribution in [-0.4, -0.2) is 18.2 Å². The van der Waals surface area contributed by atoms with Crippen molar-refractivity contribution in [3.63, 3.8) is 0 Å². The highest BCUT2D eigenvalue weighted by atomic mass is 16.5. The first-order valence-electron chi connectivity index (χ1n) is 4.97. The largest absolute Gasteiger partial charge is 0.361 e. The molecule has 0 unspecified atom stereocenters. The lowest BCUT2D eigenvalue weighted by atomic mass is 9.91. The van der Waals surface area contributed by atoms with Crippen molar-refractivity contribution in [2.24, 2.45) is 5.92 Å². The molecule has 0 saturated carbocycles. The third kappa shape index (κ3) is 2.10. The zero-order valence-corrected chi connectivity index (χ0v) is 8.05. The molecule has 1 saturated heterocycles. The summed E-state index contributed by atoms with van der Waals surface area (Å²) in [6, 6.07) is 0. The average molecular weight is 180 g/mol. The summed E-state index contributed by atoms with van der Waals surface area (Å²) in [7, 11) is 0. The summed E-state index contributed by atoms with van der Waals surface area (Å²) in [6.07, 6.45) is 5.56. The first-order valence-corrected chi connectivity index (χ1v) is 4.97. The van der Waals surface area contributed by atoms with E-state index in [-0.39, 0.29) is 0 Å². The predicted octanol–water partition coefficient (Wildman–Crippen LogP) is 1.53. The van der Waals surface area contributed by atoms with Crippen molar-refractivity contribution in [1.29, 1.82) is 0 Å². The molecule has 0 spiro atoms. The molecule has 0 aromatic carbocycles. The van der Waals surface area contributed by atoms with Crippen molar-refractivity contribution in [2.75, 3.05) is 13.1 Å².